The lowest BCUT2D eigenvalue weighted by molar-refractivity contribution is 0.0943. The van der Waals surface area contributed by atoms with Gasteiger partial charge in [-0.15, -0.1) is 0 Å². The smallest absolute Gasteiger partial charge is 0.269 e. The number of anilines is 1. The minimum absolute atomic E-state index is 0.215. The predicted molar refractivity (Wildman–Crippen MR) is 60.9 cm³/mol. The number of rotatable bonds is 6. The minimum atomic E-state index is -0.215. The van der Waals surface area contributed by atoms with Crippen molar-refractivity contribution in [2.75, 3.05) is 25.7 Å². The lowest BCUT2D eigenvalue weighted by Crippen LogP contribution is -2.26. The molecule has 1 aromatic rings. The fourth-order valence-electron chi connectivity index (χ4n) is 1.15. The van der Waals surface area contributed by atoms with Gasteiger partial charge in [0.25, 0.3) is 5.91 Å². The standard InChI is InChI=1S/C10H16N4O2/c1-16-6-2-4-13-10(15)9-7-8(14-11)3-5-12-9/h3,5,7H,2,4,6,11H2,1H3,(H,12,14)(H,13,15). The van der Waals surface area contributed by atoms with Crippen molar-refractivity contribution in [3.05, 3.63) is 24.0 Å². The zero-order valence-electron chi connectivity index (χ0n) is 9.19. The van der Waals surface area contributed by atoms with E-state index in [0.717, 1.165) is 6.42 Å². The van der Waals surface area contributed by atoms with Gasteiger partial charge in [0, 0.05) is 26.5 Å². The Bertz CT molecular complexity index is 343. The number of pyridine rings is 1. The number of carbonyl (C=O) groups excluding carboxylic acids is 1. The van der Waals surface area contributed by atoms with E-state index in [1.165, 1.54) is 6.20 Å². The second-order valence-electron chi connectivity index (χ2n) is 3.18. The molecule has 0 unspecified atom stereocenters. The summed E-state index contributed by atoms with van der Waals surface area (Å²) >= 11 is 0. The van der Waals surface area contributed by atoms with Gasteiger partial charge in [-0.1, -0.05) is 0 Å². The topological polar surface area (TPSA) is 89.3 Å². The lowest BCUT2D eigenvalue weighted by Gasteiger charge is -2.05. The monoisotopic (exact) mass is 224 g/mol. The summed E-state index contributed by atoms with van der Waals surface area (Å²) in [4.78, 5) is 15.5. The van der Waals surface area contributed by atoms with Gasteiger partial charge in [-0.25, -0.2) is 0 Å². The Morgan fingerprint density at radius 2 is 2.44 bits per heavy atom. The van der Waals surface area contributed by atoms with E-state index in [1.54, 1.807) is 19.2 Å². The van der Waals surface area contributed by atoms with Crippen LogP contribution in [0.15, 0.2) is 18.3 Å². The number of nitrogens with one attached hydrogen (secondary N) is 2. The van der Waals surface area contributed by atoms with E-state index < -0.39 is 0 Å². The Balaban J connectivity index is 2.46. The molecule has 4 N–H and O–H groups in total. The van der Waals surface area contributed by atoms with Crippen LogP contribution < -0.4 is 16.6 Å². The first-order chi connectivity index (χ1) is 7.77. The maximum Gasteiger partial charge on any atom is 0.269 e. The van der Waals surface area contributed by atoms with E-state index in [-0.39, 0.29) is 5.91 Å². The summed E-state index contributed by atoms with van der Waals surface area (Å²) in [5, 5.41) is 2.74. The molecule has 0 radical (unpaired) electrons. The lowest BCUT2D eigenvalue weighted by atomic mass is 10.3. The highest BCUT2D eigenvalue weighted by molar-refractivity contribution is 5.93. The molecule has 0 saturated carbocycles. The molecule has 0 aliphatic rings. The Kier molecular flexibility index (Phi) is 5.24. The molecule has 0 saturated heterocycles. The summed E-state index contributed by atoms with van der Waals surface area (Å²) in [6.07, 6.45) is 2.30. The first-order valence-corrected chi connectivity index (χ1v) is 4.97. The van der Waals surface area contributed by atoms with E-state index >= 15 is 0 Å². The molecular formula is C10H16N4O2. The van der Waals surface area contributed by atoms with E-state index in [4.69, 9.17) is 10.6 Å². The molecule has 0 aliphatic heterocycles. The summed E-state index contributed by atoms with van der Waals surface area (Å²) in [6.45, 7) is 1.19. The average molecular weight is 224 g/mol. The van der Waals surface area contributed by atoms with Gasteiger partial charge in [-0.2, -0.15) is 0 Å². The number of carbonyl (C=O) groups is 1. The molecule has 0 bridgehead atoms. The van der Waals surface area contributed by atoms with Crippen LogP contribution in [-0.4, -0.2) is 31.2 Å². The van der Waals surface area contributed by atoms with Crippen LogP contribution in [0.5, 0.6) is 0 Å². The number of ether oxygens (including phenoxy) is 1. The van der Waals surface area contributed by atoms with Crippen LogP contribution in [0.2, 0.25) is 0 Å². The number of nitrogens with zero attached hydrogens (tertiary/aromatic N) is 1. The Hall–Kier alpha value is -1.66. The quantitative estimate of drug-likeness (QED) is 0.363. The predicted octanol–water partition coefficient (Wildman–Crippen LogP) is 0.134. The summed E-state index contributed by atoms with van der Waals surface area (Å²) in [6, 6.07) is 3.27. The fraction of sp³-hybridized carbons (Fsp3) is 0.400. The van der Waals surface area contributed by atoms with Gasteiger partial charge in [0.15, 0.2) is 0 Å². The number of hydrogen-bond acceptors (Lipinski definition) is 5. The van der Waals surface area contributed by atoms with Gasteiger partial charge < -0.3 is 15.5 Å². The van der Waals surface area contributed by atoms with Crippen LogP contribution in [0.3, 0.4) is 0 Å². The molecule has 0 spiro atoms. The molecule has 1 aromatic heterocycles. The van der Waals surface area contributed by atoms with Gasteiger partial charge in [0.05, 0.1) is 5.69 Å². The highest BCUT2D eigenvalue weighted by Crippen LogP contribution is 2.05. The second kappa shape index (κ2) is 6.76. The molecular weight excluding hydrogens is 208 g/mol. The third kappa shape index (κ3) is 3.84. The van der Waals surface area contributed by atoms with Crippen LogP contribution in [-0.2, 0) is 4.74 Å². The van der Waals surface area contributed by atoms with Crippen molar-refractivity contribution < 1.29 is 9.53 Å². The zero-order chi connectivity index (χ0) is 11.8. The van der Waals surface area contributed by atoms with Crippen LogP contribution >= 0.6 is 0 Å². The first kappa shape index (κ1) is 12.4. The van der Waals surface area contributed by atoms with Crippen molar-refractivity contribution in [3.63, 3.8) is 0 Å². The van der Waals surface area contributed by atoms with Gasteiger partial charge in [-0.3, -0.25) is 15.6 Å². The fourth-order valence-corrected chi connectivity index (χ4v) is 1.15. The van der Waals surface area contributed by atoms with Crippen LogP contribution in [0.1, 0.15) is 16.9 Å². The number of hydrogen-bond donors (Lipinski definition) is 3. The van der Waals surface area contributed by atoms with Gasteiger partial charge in [0.2, 0.25) is 0 Å². The number of nitrogens with two attached hydrogens (primary N) is 1. The molecule has 16 heavy (non-hydrogen) atoms. The highest BCUT2D eigenvalue weighted by atomic mass is 16.5. The van der Waals surface area contributed by atoms with Crippen molar-refractivity contribution in [2.45, 2.75) is 6.42 Å². The third-order valence-electron chi connectivity index (χ3n) is 1.97. The minimum Gasteiger partial charge on any atom is -0.385 e. The third-order valence-corrected chi connectivity index (χ3v) is 1.97. The molecule has 1 heterocycles. The van der Waals surface area contributed by atoms with E-state index in [9.17, 15) is 4.79 Å². The number of amides is 1. The number of nitrogen functional groups attached to an aromatic ring is 1. The molecule has 0 aromatic carbocycles. The Morgan fingerprint density at radius 1 is 1.62 bits per heavy atom. The molecule has 1 rings (SSSR count). The van der Waals surface area contributed by atoms with Crippen LogP contribution in [0.25, 0.3) is 0 Å². The van der Waals surface area contributed by atoms with Crippen LogP contribution in [0, 0.1) is 0 Å². The molecule has 6 nitrogen and oxygen atoms in total. The summed E-state index contributed by atoms with van der Waals surface area (Å²) in [5.41, 5.74) is 3.45. The zero-order valence-corrected chi connectivity index (χ0v) is 9.19. The SMILES string of the molecule is COCCCNC(=O)c1cc(NN)ccn1. The first-order valence-electron chi connectivity index (χ1n) is 4.97. The number of hydrazine groups is 1. The second-order valence-corrected chi connectivity index (χ2v) is 3.18. The van der Waals surface area contributed by atoms with Gasteiger partial charge in [-0.05, 0) is 18.6 Å². The molecule has 6 heteroatoms. The summed E-state index contributed by atoms with van der Waals surface area (Å²) in [5.74, 6) is 5.02. The summed E-state index contributed by atoms with van der Waals surface area (Å²) < 4.78 is 4.87. The van der Waals surface area contributed by atoms with E-state index in [1.807, 2.05) is 0 Å². The normalized spacial score (nSPS) is 9.88. The Labute approximate surface area is 94.2 Å². The Morgan fingerprint density at radius 3 is 3.12 bits per heavy atom. The van der Waals surface area contributed by atoms with E-state index in [2.05, 4.69) is 15.7 Å². The van der Waals surface area contributed by atoms with Crippen molar-refractivity contribution in [1.82, 2.24) is 10.3 Å². The van der Waals surface area contributed by atoms with Crippen molar-refractivity contribution in [3.8, 4) is 0 Å². The van der Waals surface area contributed by atoms with Crippen molar-refractivity contribution >= 4 is 11.6 Å². The number of aromatic nitrogens is 1. The molecule has 0 atom stereocenters. The average Bonchev–Trinajstić information content (AvgIpc) is 2.34. The highest BCUT2D eigenvalue weighted by Gasteiger charge is 2.06. The van der Waals surface area contributed by atoms with Gasteiger partial charge >= 0.3 is 0 Å². The van der Waals surface area contributed by atoms with Crippen LogP contribution in [0.4, 0.5) is 5.69 Å². The number of methoxy groups -OCH3 is 1. The molecule has 0 fully saturated rings. The van der Waals surface area contributed by atoms with Crippen molar-refractivity contribution in [2.24, 2.45) is 5.84 Å². The molecule has 88 valence electrons. The largest absolute Gasteiger partial charge is 0.385 e. The van der Waals surface area contributed by atoms with E-state index in [0.29, 0.717) is 24.5 Å². The van der Waals surface area contributed by atoms with Gasteiger partial charge in [0.1, 0.15) is 5.69 Å². The maximum atomic E-state index is 11.6. The molecule has 1 amide bonds. The maximum absolute atomic E-state index is 11.6. The summed E-state index contributed by atoms with van der Waals surface area (Å²) in [7, 11) is 1.62. The molecule has 0 aliphatic carbocycles. The van der Waals surface area contributed by atoms with Crippen molar-refractivity contribution in [1.29, 1.82) is 0 Å².